The van der Waals surface area contributed by atoms with E-state index in [0.717, 1.165) is 22.9 Å². The second kappa shape index (κ2) is 9.17. The number of hydrogen-bond acceptors (Lipinski definition) is 5. The third-order valence-corrected chi connectivity index (χ3v) is 6.40. The van der Waals surface area contributed by atoms with E-state index in [0.29, 0.717) is 12.8 Å². The monoisotopic (exact) mass is 473 g/mol. The fourth-order valence-electron chi connectivity index (χ4n) is 4.20. The number of anilines is 1. The van der Waals surface area contributed by atoms with E-state index >= 15 is 0 Å². The van der Waals surface area contributed by atoms with Crippen LogP contribution < -0.4 is 10.6 Å². The number of fused-ring (bicyclic) bond motifs is 1. The number of alkyl halides is 3. The van der Waals surface area contributed by atoms with Gasteiger partial charge in [-0.3, -0.25) is 9.59 Å². The highest BCUT2D eigenvalue weighted by atomic mass is 19.4. The molecule has 180 valence electrons. The Labute approximate surface area is 195 Å². The maximum Gasteiger partial charge on any atom is 0.398 e. The minimum atomic E-state index is -4.49. The van der Waals surface area contributed by atoms with Gasteiger partial charge < -0.3 is 15.5 Å². The normalized spacial score (nSPS) is 17.8. The predicted molar refractivity (Wildman–Crippen MR) is 121 cm³/mol. The Morgan fingerprint density at radius 3 is 2.59 bits per heavy atom. The Hall–Kier alpha value is -3.27. The van der Waals surface area contributed by atoms with Gasteiger partial charge in [-0.2, -0.15) is 13.2 Å². The molecule has 4 rings (SSSR count). The van der Waals surface area contributed by atoms with Gasteiger partial charge in [0.2, 0.25) is 11.8 Å². The molecule has 2 N–H and O–H groups in total. The molecule has 0 saturated heterocycles. The standard InChI is InChI=1S/C24H26F3N5O2/c1-32(2)17(11-15-4-5-19-16(10-15)12-21(34)31-19)14-30-20(33)13-18(22-28-8-3-9-29-22)23(6-7-23)24(25,26)27/h3-5,8-10,13,17H,6-7,11-12,14H2,1-2H3,(H,30,33)(H,31,34)/t17-/m0/s1. The highest BCUT2D eigenvalue weighted by Gasteiger charge is 2.66. The van der Waals surface area contributed by atoms with Crippen LogP contribution in [0.2, 0.25) is 0 Å². The van der Waals surface area contributed by atoms with Gasteiger partial charge in [-0.25, -0.2) is 9.97 Å². The molecule has 1 aliphatic carbocycles. The summed E-state index contributed by atoms with van der Waals surface area (Å²) in [4.78, 5) is 34.2. The van der Waals surface area contributed by atoms with Gasteiger partial charge >= 0.3 is 6.18 Å². The van der Waals surface area contributed by atoms with Crippen molar-refractivity contribution in [1.29, 1.82) is 0 Å². The van der Waals surface area contributed by atoms with E-state index in [9.17, 15) is 22.8 Å². The topological polar surface area (TPSA) is 87.2 Å². The first kappa shape index (κ1) is 23.9. The number of likely N-dealkylation sites (N-methyl/N-ethyl adjacent to an activating group) is 1. The molecule has 10 heteroatoms. The van der Waals surface area contributed by atoms with E-state index in [1.54, 1.807) is 0 Å². The molecule has 1 saturated carbocycles. The maximum atomic E-state index is 13.8. The molecular weight excluding hydrogens is 447 g/mol. The summed E-state index contributed by atoms with van der Waals surface area (Å²) in [6.45, 7) is 0.235. The van der Waals surface area contributed by atoms with E-state index in [1.165, 1.54) is 18.5 Å². The number of amides is 2. The number of hydrogen-bond donors (Lipinski definition) is 2. The maximum absolute atomic E-state index is 13.8. The van der Waals surface area contributed by atoms with E-state index in [-0.39, 0.29) is 42.7 Å². The van der Waals surface area contributed by atoms with Gasteiger partial charge in [-0.1, -0.05) is 12.1 Å². The molecule has 2 aromatic rings. The Kier molecular flexibility index (Phi) is 6.44. The van der Waals surface area contributed by atoms with Crippen LogP contribution in [0.15, 0.2) is 42.7 Å². The molecule has 1 atom stereocenters. The zero-order valence-corrected chi connectivity index (χ0v) is 18.9. The zero-order valence-electron chi connectivity index (χ0n) is 18.9. The van der Waals surface area contributed by atoms with Crippen molar-refractivity contribution in [1.82, 2.24) is 20.2 Å². The number of halogens is 3. The van der Waals surface area contributed by atoms with Gasteiger partial charge in [0.05, 0.1) is 11.8 Å². The lowest BCUT2D eigenvalue weighted by atomic mass is 9.93. The summed E-state index contributed by atoms with van der Waals surface area (Å²) in [5.41, 5.74) is 0.466. The van der Waals surface area contributed by atoms with Crippen molar-refractivity contribution >= 4 is 23.1 Å². The van der Waals surface area contributed by atoms with Crippen LogP contribution in [0.3, 0.4) is 0 Å². The van der Waals surface area contributed by atoms with E-state index in [2.05, 4.69) is 20.6 Å². The van der Waals surface area contributed by atoms with Crippen LogP contribution in [0.5, 0.6) is 0 Å². The van der Waals surface area contributed by atoms with Crippen molar-refractivity contribution in [2.75, 3.05) is 26.0 Å². The summed E-state index contributed by atoms with van der Waals surface area (Å²) in [7, 11) is 3.74. The van der Waals surface area contributed by atoms with Gasteiger partial charge in [0.1, 0.15) is 0 Å². The van der Waals surface area contributed by atoms with Gasteiger partial charge in [0.25, 0.3) is 0 Å². The Morgan fingerprint density at radius 1 is 1.26 bits per heavy atom. The highest BCUT2D eigenvalue weighted by molar-refractivity contribution is 5.99. The third kappa shape index (κ3) is 4.96. The summed E-state index contributed by atoms with van der Waals surface area (Å²) in [6.07, 6.45) is -0.0237. The summed E-state index contributed by atoms with van der Waals surface area (Å²) in [5, 5.41) is 5.55. The van der Waals surface area contributed by atoms with E-state index in [1.807, 2.05) is 37.2 Å². The van der Waals surface area contributed by atoms with Crippen molar-refractivity contribution in [3.63, 3.8) is 0 Å². The largest absolute Gasteiger partial charge is 0.398 e. The van der Waals surface area contributed by atoms with Crippen LogP contribution in [0.4, 0.5) is 18.9 Å². The average Bonchev–Trinajstić information content (AvgIpc) is 3.51. The molecule has 0 bridgehead atoms. The lowest BCUT2D eigenvalue weighted by Crippen LogP contribution is -2.41. The van der Waals surface area contributed by atoms with Crippen molar-refractivity contribution in [2.24, 2.45) is 5.41 Å². The van der Waals surface area contributed by atoms with E-state index < -0.39 is 17.5 Å². The van der Waals surface area contributed by atoms with E-state index in [4.69, 9.17) is 0 Å². The number of carbonyl (C=O) groups is 2. The van der Waals surface area contributed by atoms with Gasteiger partial charge in [-0.15, -0.1) is 0 Å². The molecule has 2 aliphatic rings. The number of rotatable bonds is 8. The fraction of sp³-hybridized carbons (Fsp3) is 0.417. The first-order valence-electron chi connectivity index (χ1n) is 11.0. The SMILES string of the molecule is CN(C)[C@H](CNC(=O)C=C(c1ncccn1)C1(C(F)(F)F)CC1)Cc1ccc2c(c1)CC(=O)N2. The summed E-state index contributed by atoms with van der Waals surface area (Å²) >= 11 is 0. The highest BCUT2D eigenvalue weighted by Crippen LogP contribution is 2.64. The molecule has 1 aromatic carbocycles. The molecular formula is C24H26F3N5O2. The van der Waals surface area contributed by atoms with Crippen LogP contribution in [0.25, 0.3) is 5.57 Å². The van der Waals surface area contributed by atoms with Crippen molar-refractivity contribution < 1.29 is 22.8 Å². The van der Waals surface area contributed by atoms with Crippen LogP contribution in [0.1, 0.15) is 29.8 Å². The lowest BCUT2D eigenvalue weighted by Gasteiger charge is -2.25. The number of nitrogens with zero attached hydrogens (tertiary/aromatic N) is 3. The van der Waals surface area contributed by atoms with Gasteiger partial charge in [0.15, 0.2) is 5.82 Å². The number of carbonyl (C=O) groups excluding carboxylic acids is 2. The lowest BCUT2D eigenvalue weighted by molar-refractivity contribution is -0.168. The van der Waals surface area contributed by atoms with Gasteiger partial charge in [0, 0.05) is 42.3 Å². The van der Waals surface area contributed by atoms with Crippen LogP contribution in [-0.4, -0.2) is 59.5 Å². The molecule has 1 aromatic heterocycles. The molecule has 0 spiro atoms. The quantitative estimate of drug-likeness (QED) is 0.576. The number of allylic oxidation sites excluding steroid dienone is 1. The van der Waals surface area contributed by atoms with Crippen LogP contribution >= 0.6 is 0 Å². The molecule has 2 amide bonds. The molecule has 0 radical (unpaired) electrons. The van der Waals surface area contributed by atoms with Crippen LogP contribution in [0, 0.1) is 5.41 Å². The third-order valence-electron chi connectivity index (χ3n) is 6.40. The summed E-state index contributed by atoms with van der Waals surface area (Å²) in [5.74, 6) is -0.743. The molecule has 2 heterocycles. The minimum Gasteiger partial charge on any atom is -0.351 e. The average molecular weight is 473 g/mol. The number of nitrogens with one attached hydrogen (secondary N) is 2. The molecule has 34 heavy (non-hydrogen) atoms. The second-order valence-corrected chi connectivity index (χ2v) is 8.99. The minimum absolute atomic E-state index is 0.0409. The molecule has 7 nitrogen and oxygen atoms in total. The summed E-state index contributed by atoms with van der Waals surface area (Å²) in [6, 6.07) is 7.17. The molecule has 1 aliphatic heterocycles. The van der Waals surface area contributed by atoms with Crippen molar-refractivity contribution in [2.45, 2.75) is 37.9 Å². The smallest absolute Gasteiger partial charge is 0.351 e. The van der Waals surface area contributed by atoms with Crippen molar-refractivity contribution in [3.05, 3.63) is 59.7 Å². The number of aromatic nitrogens is 2. The Bertz CT molecular complexity index is 1110. The van der Waals surface area contributed by atoms with Crippen molar-refractivity contribution in [3.8, 4) is 0 Å². The first-order chi connectivity index (χ1) is 16.1. The molecule has 0 unspecified atom stereocenters. The zero-order chi connectivity index (χ0) is 24.5. The molecule has 1 fully saturated rings. The second-order valence-electron chi connectivity index (χ2n) is 8.99. The first-order valence-corrected chi connectivity index (χ1v) is 11.0. The van der Waals surface area contributed by atoms with Gasteiger partial charge in [-0.05, 0) is 56.6 Å². The predicted octanol–water partition coefficient (Wildman–Crippen LogP) is 2.99. The van der Waals surface area contributed by atoms with Crippen LogP contribution in [-0.2, 0) is 22.4 Å². The summed E-state index contributed by atoms with van der Waals surface area (Å²) < 4.78 is 41.4. The fourth-order valence-corrected chi connectivity index (χ4v) is 4.20. The Morgan fingerprint density at radius 2 is 1.97 bits per heavy atom. The number of benzene rings is 1. The Balaban J connectivity index is 1.48.